The topological polar surface area (TPSA) is 67.9 Å². The lowest BCUT2D eigenvalue weighted by Gasteiger charge is -2.33. The van der Waals surface area contributed by atoms with Gasteiger partial charge in [-0.3, -0.25) is 4.79 Å². The Balaban J connectivity index is 1.79. The molecule has 190 valence electrons. The first-order valence-corrected chi connectivity index (χ1v) is 13.0. The molecule has 0 aromatic heterocycles. The third-order valence-corrected chi connectivity index (χ3v) is 6.26. The molecule has 1 N–H and O–H groups in total. The van der Waals surface area contributed by atoms with Crippen LogP contribution in [0.2, 0.25) is 0 Å². The van der Waals surface area contributed by atoms with Gasteiger partial charge in [0, 0.05) is 18.8 Å². The average Bonchev–Trinajstić information content (AvgIpc) is 2.84. The Morgan fingerprint density at radius 2 is 1.74 bits per heavy atom. The van der Waals surface area contributed by atoms with Gasteiger partial charge in [0.25, 0.3) is 0 Å². The van der Waals surface area contributed by atoms with E-state index in [9.17, 15) is 9.59 Å². The second-order valence-electron chi connectivity index (χ2n) is 9.52. The SMILES string of the molecule is CCOC(=O)c1ccc(CC(=O)N[C@@H](CC(C)C)c2ccccc2N2CCCCC2)cc1OCC. The highest BCUT2D eigenvalue weighted by atomic mass is 16.5. The van der Waals surface area contributed by atoms with Crippen molar-refractivity contribution in [1.29, 1.82) is 0 Å². The predicted octanol–water partition coefficient (Wildman–Crippen LogP) is 5.70. The fourth-order valence-electron chi connectivity index (χ4n) is 4.70. The maximum absolute atomic E-state index is 13.2. The predicted molar refractivity (Wildman–Crippen MR) is 140 cm³/mol. The van der Waals surface area contributed by atoms with Gasteiger partial charge < -0.3 is 19.7 Å². The van der Waals surface area contributed by atoms with Crippen LogP contribution in [0, 0.1) is 5.92 Å². The van der Waals surface area contributed by atoms with Crippen molar-refractivity contribution in [2.45, 2.75) is 65.8 Å². The number of benzene rings is 2. The van der Waals surface area contributed by atoms with Crippen LogP contribution in [0.15, 0.2) is 42.5 Å². The number of piperidine rings is 1. The van der Waals surface area contributed by atoms with Crippen LogP contribution >= 0.6 is 0 Å². The summed E-state index contributed by atoms with van der Waals surface area (Å²) in [6.07, 6.45) is 4.77. The monoisotopic (exact) mass is 480 g/mol. The first-order chi connectivity index (χ1) is 16.9. The molecular weight excluding hydrogens is 440 g/mol. The van der Waals surface area contributed by atoms with Crippen molar-refractivity contribution >= 4 is 17.6 Å². The Kier molecular flexibility index (Phi) is 10.0. The lowest BCUT2D eigenvalue weighted by Crippen LogP contribution is -2.34. The maximum Gasteiger partial charge on any atom is 0.341 e. The van der Waals surface area contributed by atoms with Crippen LogP contribution in [-0.4, -0.2) is 38.2 Å². The van der Waals surface area contributed by atoms with Crippen molar-refractivity contribution in [2.24, 2.45) is 5.92 Å². The van der Waals surface area contributed by atoms with Gasteiger partial charge >= 0.3 is 5.97 Å². The third-order valence-electron chi connectivity index (χ3n) is 6.26. The number of carbonyl (C=O) groups excluding carboxylic acids is 2. The zero-order valence-electron chi connectivity index (χ0n) is 21.6. The highest BCUT2D eigenvalue weighted by molar-refractivity contribution is 5.93. The number of esters is 1. The Morgan fingerprint density at radius 3 is 2.43 bits per heavy atom. The van der Waals surface area contributed by atoms with E-state index < -0.39 is 5.97 Å². The normalized spacial score (nSPS) is 14.5. The molecule has 1 fully saturated rings. The summed E-state index contributed by atoms with van der Waals surface area (Å²) in [6.45, 7) is 10.9. The lowest BCUT2D eigenvalue weighted by atomic mass is 9.94. The van der Waals surface area contributed by atoms with Gasteiger partial charge in [-0.25, -0.2) is 4.79 Å². The number of rotatable bonds is 11. The van der Waals surface area contributed by atoms with Gasteiger partial charge in [-0.05, 0) is 74.8 Å². The molecule has 1 atom stereocenters. The highest BCUT2D eigenvalue weighted by Gasteiger charge is 2.23. The summed E-state index contributed by atoms with van der Waals surface area (Å²) in [5, 5.41) is 3.30. The van der Waals surface area contributed by atoms with E-state index in [0.29, 0.717) is 30.4 Å². The third kappa shape index (κ3) is 7.48. The largest absolute Gasteiger partial charge is 0.493 e. The summed E-state index contributed by atoms with van der Waals surface area (Å²) < 4.78 is 10.8. The van der Waals surface area contributed by atoms with Crippen molar-refractivity contribution in [3.05, 3.63) is 59.2 Å². The summed E-state index contributed by atoms with van der Waals surface area (Å²) in [6, 6.07) is 13.7. The van der Waals surface area contributed by atoms with E-state index in [1.54, 1.807) is 25.1 Å². The molecule has 2 aromatic rings. The molecule has 0 aliphatic carbocycles. The van der Waals surface area contributed by atoms with Gasteiger partial charge in [-0.15, -0.1) is 0 Å². The summed E-state index contributed by atoms with van der Waals surface area (Å²) in [7, 11) is 0. The van der Waals surface area contributed by atoms with Crippen molar-refractivity contribution in [3.8, 4) is 5.75 Å². The molecule has 1 aliphatic rings. The minimum Gasteiger partial charge on any atom is -0.493 e. The number of nitrogens with one attached hydrogen (secondary N) is 1. The molecule has 0 unspecified atom stereocenters. The minimum absolute atomic E-state index is 0.0459. The van der Waals surface area contributed by atoms with Crippen LogP contribution < -0.4 is 15.0 Å². The number of carbonyl (C=O) groups is 2. The highest BCUT2D eigenvalue weighted by Crippen LogP contribution is 2.32. The van der Waals surface area contributed by atoms with Gasteiger partial charge in [0.15, 0.2) is 0 Å². The summed E-state index contributed by atoms with van der Waals surface area (Å²) in [5.74, 6) is 0.419. The second-order valence-corrected chi connectivity index (χ2v) is 9.52. The van der Waals surface area contributed by atoms with Crippen molar-refractivity contribution in [1.82, 2.24) is 5.32 Å². The van der Waals surface area contributed by atoms with Gasteiger partial charge in [0.05, 0.1) is 25.7 Å². The van der Waals surface area contributed by atoms with E-state index in [1.165, 1.54) is 30.5 Å². The van der Waals surface area contributed by atoms with Crippen LogP contribution in [-0.2, 0) is 16.0 Å². The smallest absolute Gasteiger partial charge is 0.341 e. The van der Waals surface area contributed by atoms with Gasteiger partial charge in [-0.1, -0.05) is 38.1 Å². The van der Waals surface area contributed by atoms with Crippen LogP contribution in [0.25, 0.3) is 0 Å². The molecule has 3 rings (SSSR count). The van der Waals surface area contributed by atoms with E-state index in [0.717, 1.165) is 25.1 Å². The Labute approximate surface area is 210 Å². The summed E-state index contributed by atoms with van der Waals surface area (Å²) >= 11 is 0. The number of anilines is 1. The second kappa shape index (κ2) is 13.2. The van der Waals surface area contributed by atoms with Gasteiger partial charge in [-0.2, -0.15) is 0 Å². The van der Waals surface area contributed by atoms with Crippen LogP contribution in [0.5, 0.6) is 5.75 Å². The van der Waals surface area contributed by atoms with Crippen molar-refractivity contribution in [3.63, 3.8) is 0 Å². The molecule has 35 heavy (non-hydrogen) atoms. The van der Waals surface area contributed by atoms with E-state index in [-0.39, 0.29) is 18.4 Å². The summed E-state index contributed by atoms with van der Waals surface area (Å²) in [5.41, 5.74) is 3.59. The zero-order valence-corrected chi connectivity index (χ0v) is 21.6. The van der Waals surface area contributed by atoms with Gasteiger partial charge in [0.1, 0.15) is 11.3 Å². The van der Waals surface area contributed by atoms with Gasteiger partial charge in [0.2, 0.25) is 5.91 Å². The molecule has 1 amide bonds. The number of amides is 1. The molecule has 6 heteroatoms. The lowest BCUT2D eigenvalue weighted by molar-refractivity contribution is -0.121. The van der Waals surface area contributed by atoms with Crippen molar-refractivity contribution in [2.75, 3.05) is 31.2 Å². The Morgan fingerprint density at radius 1 is 1.00 bits per heavy atom. The number of ether oxygens (including phenoxy) is 2. The first kappa shape index (κ1) is 26.6. The van der Waals surface area contributed by atoms with E-state index >= 15 is 0 Å². The number of nitrogens with zero attached hydrogens (tertiary/aromatic N) is 1. The molecule has 0 saturated carbocycles. The molecule has 0 radical (unpaired) electrons. The Bertz CT molecular complexity index is 982. The molecule has 0 spiro atoms. The minimum atomic E-state index is -0.418. The zero-order chi connectivity index (χ0) is 25.2. The fourth-order valence-corrected chi connectivity index (χ4v) is 4.70. The molecule has 1 aliphatic heterocycles. The van der Waals surface area contributed by atoms with Crippen LogP contribution in [0.4, 0.5) is 5.69 Å². The van der Waals surface area contributed by atoms with Crippen LogP contribution in [0.1, 0.15) is 80.9 Å². The number of hydrogen-bond acceptors (Lipinski definition) is 5. The Hall–Kier alpha value is -3.02. The summed E-state index contributed by atoms with van der Waals surface area (Å²) in [4.78, 5) is 27.9. The maximum atomic E-state index is 13.2. The van der Waals surface area contributed by atoms with E-state index in [2.05, 4.69) is 48.3 Å². The molecule has 1 saturated heterocycles. The number of hydrogen-bond donors (Lipinski definition) is 1. The van der Waals surface area contributed by atoms with E-state index in [4.69, 9.17) is 9.47 Å². The molecular formula is C29H40N2O4. The molecule has 6 nitrogen and oxygen atoms in total. The first-order valence-electron chi connectivity index (χ1n) is 13.0. The van der Waals surface area contributed by atoms with Crippen LogP contribution in [0.3, 0.4) is 0 Å². The van der Waals surface area contributed by atoms with E-state index in [1.807, 2.05) is 6.92 Å². The fraction of sp³-hybridized carbons (Fsp3) is 0.517. The quantitative estimate of drug-likeness (QED) is 0.418. The van der Waals surface area contributed by atoms with Crippen molar-refractivity contribution < 1.29 is 19.1 Å². The standard InChI is InChI=1S/C29H40N2O4/c1-5-34-27-19-22(14-15-24(27)29(33)35-6-2)20-28(32)30-25(18-21(3)4)23-12-8-9-13-26(23)31-16-10-7-11-17-31/h8-9,12-15,19,21,25H,5-7,10-11,16-18,20H2,1-4H3,(H,30,32)/t25-/m0/s1. The molecule has 2 aromatic carbocycles. The average molecular weight is 481 g/mol. The molecule has 1 heterocycles. The number of para-hydroxylation sites is 1. The molecule has 0 bridgehead atoms.